The number of imidazole rings is 1. The standard InChI is InChI=1S/C17H16N4O2S/c1-9-5-11-12(8-23-14(11)6-10(9)2)16(22)19-15-13(7-18)21-3-4-24-17(21)20-15/h5-6,12H,3-4,8H2,1-2H3,(H,19,22)/t12-/m0/s1. The molecule has 0 aliphatic carbocycles. The molecule has 1 atom stereocenters. The number of hydrogen-bond acceptors (Lipinski definition) is 5. The van der Waals surface area contributed by atoms with Crippen molar-refractivity contribution in [3.8, 4) is 11.8 Å². The number of benzene rings is 1. The predicted molar refractivity (Wildman–Crippen MR) is 90.4 cm³/mol. The van der Waals surface area contributed by atoms with Crippen molar-refractivity contribution in [2.75, 3.05) is 17.7 Å². The third-order valence-electron chi connectivity index (χ3n) is 4.55. The van der Waals surface area contributed by atoms with Gasteiger partial charge >= 0.3 is 0 Å². The second-order valence-electron chi connectivity index (χ2n) is 6.03. The van der Waals surface area contributed by atoms with E-state index in [2.05, 4.69) is 16.4 Å². The summed E-state index contributed by atoms with van der Waals surface area (Å²) in [6, 6.07) is 6.13. The first-order valence-electron chi connectivity index (χ1n) is 7.76. The van der Waals surface area contributed by atoms with Crippen molar-refractivity contribution in [1.29, 1.82) is 5.26 Å². The Morgan fingerprint density at radius 3 is 3.04 bits per heavy atom. The van der Waals surface area contributed by atoms with Crippen LogP contribution in [-0.2, 0) is 11.3 Å². The Hall–Kier alpha value is -2.46. The van der Waals surface area contributed by atoms with Crippen molar-refractivity contribution in [2.24, 2.45) is 0 Å². The summed E-state index contributed by atoms with van der Waals surface area (Å²) in [7, 11) is 0. The summed E-state index contributed by atoms with van der Waals surface area (Å²) in [4.78, 5) is 17.1. The molecule has 122 valence electrons. The summed E-state index contributed by atoms with van der Waals surface area (Å²) in [5.41, 5.74) is 3.59. The molecule has 24 heavy (non-hydrogen) atoms. The third kappa shape index (κ3) is 2.26. The van der Waals surface area contributed by atoms with Gasteiger partial charge in [-0.25, -0.2) is 4.98 Å². The lowest BCUT2D eigenvalue weighted by molar-refractivity contribution is -0.117. The summed E-state index contributed by atoms with van der Waals surface area (Å²) < 4.78 is 7.52. The van der Waals surface area contributed by atoms with Gasteiger partial charge in [-0.1, -0.05) is 17.8 Å². The van der Waals surface area contributed by atoms with Gasteiger partial charge in [-0.3, -0.25) is 4.79 Å². The number of nitrogens with one attached hydrogen (secondary N) is 1. The van der Waals surface area contributed by atoms with Crippen molar-refractivity contribution >= 4 is 23.5 Å². The molecule has 6 nitrogen and oxygen atoms in total. The van der Waals surface area contributed by atoms with Crippen LogP contribution in [0.3, 0.4) is 0 Å². The van der Waals surface area contributed by atoms with E-state index in [1.165, 1.54) is 0 Å². The van der Waals surface area contributed by atoms with E-state index in [9.17, 15) is 10.1 Å². The average molecular weight is 340 g/mol. The minimum Gasteiger partial charge on any atom is -0.492 e. The zero-order chi connectivity index (χ0) is 16.8. The van der Waals surface area contributed by atoms with Crippen molar-refractivity contribution in [3.63, 3.8) is 0 Å². The van der Waals surface area contributed by atoms with E-state index >= 15 is 0 Å². The number of hydrogen-bond donors (Lipinski definition) is 1. The number of carbonyl (C=O) groups is 1. The average Bonchev–Trinajstić information content (AvgIpc) is 3.22. The van der Waals surface area contributed by atoms with Gasteiger partial charge < -0.3 is 14.6 Å². The highest BCUT2D eigenvalue weighted by molar-refractivity contribution is 7.99. The Balaban J connectivity index is 1.62. The van der Waals surface area contributed by atoms with Crippen molar-refractivity contribution in [2.45, 2.75) is 31.5 Å². The lowest BCUT2D eigenvalue weighted by Gasteiger charge is -2.10. The highest BCUT2D eigenvalue weighted by Crippen LogP contribution is 2.37. The first-order valence-corrected chi connectivity index (χ1v) is 8.75. The van der Waals surface area contributed by atoms with Gasteiger partial charge in [0.15, 0.2) is 16.7 Å². The maximum absolute atomic E-state index is 12.7. The number of anilines is 1. The molecular weight excluding hydrogens is 324 g/mol. The minimum atomic E-state index is -0.380. The highest BCUT2D eigenvalue weighted by atomic mass is 32.2. The number of rotatable bonds is 2. The van der Waals surface area contributed by atoms with Gasteiger partial charge in [-0.2, -0.15) is 5.26 Å². The molecule has 1 amide bonds. The fourth-order valence-electron chi connectivity index (χ4n) is 3.07. The van der Waals surface area contributed by atoms with Crippen LogP contribution >= 0.6 is 11.8 Å². The quantitative estimate of drug-likeness (QED) is 0.909. The molecule has 0 spiro atoms. The van der Waals surface area contributed by atoms with Crippen molar-refractivity contribution in [1.82, 2.24) is 9.55 Å². The van der Waals surface area contributed by atoms with Gasteiger partial charge in [0.05, 0.1) is 0 Å². The minimum absolute atomic E-state index is 0.185. The molecule has 0 saturated heterocycles. The summed E-state index contributed by atoms with van der Waals surface area (Å²) in [6.45, 7) is 5.11. The number of nitrogens with zero attached hydrogens (tertiary/aromatic N) is 3. The second-order valence-corrected chi connectivity index (χ2v) is 7.09. The smallest absolute Gasteiger partial charge is 0.236 e. The van der Waals surface area contributed by atoms with E-state index in [0.717, 1.165) is 39.9 Å². The molecule has 1 aromatic carbocycles. The Morgan fingerprint density at radius 1 is 1.46 bits per heavy atom. The van der Waals surface area contributed by atoms with Gasteiger partial charge in [-0.05, 0) is 31.0 Å². The number of carbonyl (C=O) groups excluding carboxylic acids is 1. The lowest BCUT2D eigenvalue weighted by atomic mass is 9.96. The number of thioether (sulfide) groups is 1. The number of ether oxygens (including phenoxy) is 1. The topological polar surface area (TPSA) is 79.9 Å². The van der Waals surface area contributed by atoms with E-state index < -0.39 is 0 Å². The lowest BCUT2D eigenvalue weighted by Crippen LogP contribution is -2.23. The van der Waals surface area contributed by atoms with Gasteiger partial charge in [-0.15, -0.1) is 0 Å². The fourth-order valence-corrected chi connectivity index (χ4v) is 4.02. The fraction of sp³-hybridized carbons (Fsp3) is 0.353. The van der Waals surface area contributed by atoms with Gasteiger partial charge in [0.25, 0.3) is 0 Å². The SMILES string of the molecule is Cc1cc2c(cc1C)[C@@H](C(=O)Nc1nc3n(c1C#N)CCS3)CO2. The van der Waals surface area contributed by atoms with Crippen LogP contribution in [0.2, 0.25) is 0 Å². The van der Waals surface area contributed by atoms with Crippen molar-refractivity contribution in [3.05, 3.63) is 34.5 Å². The molecule has 0 bridgehead atoms. The summed E-state index contributed by atoms with van der Waals surface area (Å²) in [5.74, 6) is 1.46. The number of amides is 1. The zero-order valence-electron chi connectivity index (χ0n) is 13.4. The third-order valence-corrected chi connectivity index (χ3v) is 5.51. The molecule has 2 aliphatic rings. The van der Waals surface area contributed by atoms with Crippen LogP contribution in [0.25, 0.3) is 0 Å². The van der Waals surface area contributed by atoms with Crippen LogP contribution in [-0.4, -0.2) is 27.8 Å². The largest absolute Gasteiger partial charge is 0.492 e. The summed E-state index contributed by atoms with van der Waals surface area (Å²) in [5, 5.41) is 13.0. The molecule has 3 heterocycles. The van der Waals surface area contributed by atoms with Gasteiger partial charge in [0.1, 0.15) is 24.3 Å². The molecule has 1 aromatic heterocycles. The molecule has 2 aromatic rings. The van der Waals surface area contributed by atoms with Crippen LogP contribution < -0.4 is 10.1 Å². The van der Waals surface area contributed by atoms with Gasteiger partial charge in [0.2, 0.25) is 5.91 Å². The Bertz CT molecular complexity index is 897. The molecule has 1 N–H and O–H groups in total. The van der Waals surface area contributed by atoms with E-state index in [1.54, 1.807) is 11.8 Å². The predicted octanol–water partition coefficient (Wildman–Crippen LogP) is 2.59. The van der Waals surface area contributed by atoms with Crippen LogP contribution in [0.1, 0.15) is 28.3 Å². The maximum atomic E-state index is 12.7. The molecular formula is C17H16N4O2S. The van der Waals surface area contributed by atoms with Crippen LogP contribution in [0.4, 0.5) is 5.82 Å². The van der Waals surface area contributed by atoms with Gasteiger partial charge in [0, 0.05) is 17.9 Å². The summed E-state index contributed by atoms with van der Waals surface area (Å²) in [6.07, 6.45) is 0. The number of nitriles is 1. The summed E-state index contributed by atoms with van der Waals surface area (Å²) >= 11 is 1.59. The normalized spacial score (nSPS) is 17.8. The van der Waals surface area contributed by atoms with E-state index in [0.29, 0.717) is 18.1 Å². The molecule has 0 saturated carbocycles. The molecule has 2 aliphatic heterocycles. The van der Waals surface area contributed by atoms with E-state index in [1.807, 2.05) is 30.5 Å². The van der Waals surface area contributed by atoms with Crippen molar-refractivity contribution < 1.29 is 9.53 Å². The maximum Gasteiger partial charge on any atom is 0.236 e. The molecule has 4 rings (SSSR count). The monoisotopic (exact) mass is 340 g/mol. The molecule has 7 heteroatoms. The molecule has 0 fully saturated rings. The zero-order valence-corrected chi connectivity index (χ0v) is 14.2. The Kier molecular flexibility index (Phi) is 3.50. The Morgan fingerprint density at radius 2 is 2.25 bits per heavy atom. The van der Waals surface area contributed by atoms with E-state index in [-0.39, 0.29) is 11.8 Å². The Labute approximate surface area is 143 Å². The number of fused-ring (bicyclic) bond motifs is 2. The highest BCUT2D eigenvalue weighted by Gasteiger charge is 2.32. The number of aromatic nitrogens is 2. The second kappa shape index (κ2) is 5.56. The van der Waals surface area contributed by atoms with Crippen LogP contribution in [0.5, 0.6) is 5.75 Å². The van der Waals surface area contributed by atoms with Crippen LogP contribution in [0.15, 0.2) is 17.3 Å². The molecule has 0 radical (unpaired) electrons. The van der Waals surface area contributed by atoms with E-state index in [4.69, 9.17) is 4.74 Å². The molecule has 0 unspecified atom stereocenters. The first kappa shape index (κ1) is 15.1. The first-order chi connectivity index (χ1) is 11.6. The number of aryl methyl sites for hydroxylation is 2. The van der Waals surface area contributed by atoms with Crippen LogP contribution in [0, 0.1) is 25.2 Å².